The third kappa shape index (κ3) is 4.69. The lowest BCUT2D eigenvalue weighted by molar-refractivity contribution is -0.123. The maximum Gasteiger partial charge on any atom is 0.338 e. The van der Waals surface area contributed by atoms with Crippen LogP contribution in [0.3, 0.4) is 0 Å². The average molecular weight is 499 g/mol. The van der Waals surface area contributed by atoms with Gasteiger partial charge in [-0.1, -0.05) is 6.07 Å². The Bertz CT molecular complexity index is 1510. The van der Waals surface area contributed by atoms with E-state index < -0.39 is 28.0 Å². The second kappa shape index (κ2) is 9.23. The highest BCUT2D eigenvalue weighted by molar-refractivity contribution is 7.89. The molecule has 1 atom stereocenters. The third-order valence-corrected chi connectivity index (χ3v) is 7.76. The Morgan fingerprint density at radius 3 is 2.63 bits per heavy atom. The maximum atomic E-state index is 12.7. The first-order chi connectivity index (χ1) is 16.5. The van der Waals surface area contributed by atoms with Gasteiger partial charge in [-0.3, -0.25) is 14.2 Å². The zero-order valence-electron chi connectivity index (χ0n) is 19.9. The van der Waals surface area contributed by atoms with Gasteiger partial charge in [0.2, 0.25) is 10.0 Å². The Morgan fingerprint density at radius 1 is 1.17 bits per heavy atom. The quantitative estimate of drug-likeness (QED) is 0.516. The number of esters is 1. The minimum atomic E-state index is -3.69. The molecular weight excluding hydrogens is 472 g/mol. The van der Waals surface area contributed by atoms with E-state index in [0.29, 0.717) is 40.9 Å². The van der Waals surface area contributed by atoms with Crippen molar-refractivity contribution in [3.63, 3.8) is 0 Å². The smallest absolute Gasteiger partial charge is 0.338 e. The lowest BCUT2D eigenvalue weighted by Crippen LogP contribution is -2.30. The van der Waals surface area contributed by atoms with E-state index in [9.17, 15) is 22.8 Å². The molecule has 1 N–H and O–H groups in total. The van der Waals surface area contributed by atoms with Crippen molar-refractivity contribution in [2.24, 2.45) is 0 Å². The Labute approximate surface area is 202 Å². The van der Waals surface area contributed by atoms with Crippen LogP contribution in [0.15, 0.2) is 46.1 Å². The van der Waals surface area contributed by atoms with Crippen molar-refractivity contribution >= 4 is 38.5 Å². The number of hydrogen-bond acceptors (Lipinski definition) is 7. The molecular formula is C24H26N4O6S. The van der Waals surface area contributed by atoms with Crippen LogP contribution in [0.4, 0.5) is 5.69 Å². The summed E-state index contributed by atoms with van der Waals surface area (Å²) in [6.07, 6.45) is 0.391. The second-order valence-electron chi connectivity index (χ2n) is 8.62. The molecule has 2 aromatic carbocycles. The number of nitrogens with one attached hydrogen (secondary N) is 1. The number of rotatable bonds is 6. The average Bonchev–Trinajstić information content (AvgIpc) is 3.28. The molecule has 3 aromatic rings. The third-order valence-electron chi connectivity index (χ3n) is 5.95. The van der Waals surface area contributed by atoms with Crippen molar-refractivity contribution in [3.05, 3.63) is 63.7 Å². The Morgan fingerprint density at radius 2 is 1.91 bits per heavy atom. The highest BCUT2D eigenvalue weighted by atomic mass is 32.2. The summed E-state index contributed by atoms with van der Waals surface area (Å²) >= 11 is 0. The number of sulfonamides is 1. The first kappa shape index (κ1) is 24.6. The molecule has 0 radical (unpaired) electrons. The molecule has 4 rings (SSSR count). The summed E-state index contributed by atoms with van der Waals surface area (Å²) in [5.41, 5.74) is 1.38. The van der Waals surface area contributed by atoms with Crippen molar-refractivity contribution in [2.45, 2.75) is 44.2 Å². The highest BCUT2D eigenvalue weighted by Crippen LogP contribution is 2.23. The summed E-state index contributed by atoms with van der Waals surface area (Å²) in [7, 11) is -0.849. The van der Waals surface area contributed by atoms with E-state index >= 15 is 0 Å². The molecule has 11 heteroatoms. The van der Waals surface area contributed by atoms with Gasteiger partial charge >= 0.3 is 5.97 Å². The minimum Gasteiger partial charge on any atom is -0.449 e. The summed E-state index contributed by atoms with van der Waals surface area (Å²) in [6.45, 7) is 3.78. The first-order valence-electron chi connectivity index (χ1n) is 11.1. The van der Waals surface area contributed by atoms with Crippen LogP contribution in [0.1, 0.15) is 35.1 Å². The summed E-state index contributed by atoms with van der Waals surface area (Å²) in [5, 5.41) is 3.05. The number of amides is 1. The van der Waals surface area contributed by atoms with E-state index in [0.717, 1.165) is 10.7 Å². The SMILES string of the molecule is Cc1ccc(S(=O)(=O)N(C)C)cc1NC(=O)[C@H](C)OC(=O)c1ccc2c(=O)n3c(nc2c1)CCC3. The van der Waals surface area contributed by atoms with Gasteiger partial charge in [0.05, 0.1) is 21.4 Å². The Hall–Kier alpha value is -3.57. The fraction of sp³-hybridized carbons (Fsp3) is 0.333. The van der Waals surface area contributed by atoms with Gasteiger partial charge in [-0.25, -0.2) is 22.5 Å². The van der Waals surface area contributed by atoms with Gasteiger partial charge in [0.25, 0.3) is 11.5 Å². The van der Waals surface area contributed by atoms with Crippen LogP contribution in [0, 0.1) is 6.92 Å². The fourth-order valence-corrected chi connectivity index (χ4v) is 4.76. The molecule has 1 aromatic heterocycles. The molecule has 0 saturated heterocycles. The van der Waals surface area contributed by atoms with Crippen molar-refractivity contribution in [2.75, 3.05) is 19.4 Å². The largest absolute Gasteiger partial charge is 0.449 e. The second-order valence-corrected chi connectivity index (χ2v) is 10.8. The zero-order valence-corrected chi connectivity index (χ0v) is 20.7. The topological polar surface area (TPSA) is 128 Å². The predicted molar refractivity (Wildman–Crippen MR) is 130 cm³/mol. The van der Waals surface area contributed by atoms with Crippen LogP contribution in [-0.2, 0) is 32.5 Å². The van der Waals surface area contributed by atoms with Gasteiger partial charge in [0, 0.05) is 32.7 Å². The fourth-order valence-electron chi connectivity index (χ4n) is 3.83. The number of hydrogen-bond donors (Lipinski definition) is 1. The summed E-state index contributed by atoms with van der Waals surface area (Å²) < 4.78 is 32.9. The van der Waals surface area contributed by atoms with Crippen LogP contribution in [0.5, 0.6) is 0 Å². The van der Waals surface area contributed by atoms with Crippen LogP contribution in [-0.4, -0.2) is 54.3 Å². The maximum absolute atomic E-state index is 12.7. The van der Waals surface area contributed by atoms with Crippen LogP contribution in [0.25, 0.3) is 10.9 Å². The van der Waals surface area contributed by atoms with E-state index in [2.05, 4.69) is 10.3 Å². The molecule has 35 heavy (non-hydrogen) atoms. The number of ether oxygens (including phenoxy) is 1. The number of carbonyl (C=O) groups is 2. The highest BCUT2D eigenvalue weighted by Gasteiger charge is 2.23. The minimum absolute atomic E-state index is 0.0269. The van der Waals surface area contributed by atoms with E-state index in [4.69, 9.17) is 4.74 Å². The number of aromatic nitrogens is 2. The van der Waals surface area contributed by atoms with Crippen LogP contribution >= 0.6 is 0 Å². The number of fused-ring (bicyclic) bond motifs is 2. The van der Waals surface area contributed by atoms with Crippen LogP contribution in [0.2, 0.25) is 0 Å². The molecule has 1 aliphatic heterocycles. The normalized spacial score (nSPS) is 14.1. The van der Waals surface area contributed by atoms with Crippen molar-refractivity contribution < 1.29 is 22.7 Å². The predicted octanol–water partition coefficient (Wildman–Crippen LogP) is 2.09. The van der Waals surface area contributed by atoms with Gasteiger partial charge < -0.3 is 10.1 Å². The van der Waals surface area contributed by atoms with Gasteiger partial charge in [0.1, 0.15) is 5.82 Å². The molecule has 0 bridgehead atoms. The van der Waals surface area contributed by atoms with Crippen molar-refractivity contribution in [1.29, 1.82) is 0 Å². The zero-order chi connectivity index (χ0) is 25.5. The molecule has 10 nitrogen and oxygen atoms in total. The number of anilines is 1. The molecule has 0 saturated carbocycles. The number of aryl methyl sites for hydroxylation is 2. The van der Waals surface area contributed by atoms with Gasteiger partial charge in [0.15, 0.2) is 6.10 Å². The van der Waals surface area contributed by atoms with E-state index in [-0.39, 0.29) is 16.0 Å². The molecule has 0 fully saturated rings. The summed E-state index contributed by atoms with van der Waals surface area (Å²) in [5.74, 6) is -0.664. The van der Waals surface area contributed by atoms with Gasteiger partial charge in [-0.05, 0) is 56.2 Å². The van der Waals surface area contributed by atoms with Crippen molar-refractivity contribution in [1.82, 2.24) is 13.9 Å². The van der Waals surface area contributed by atoms with Gasteiger partial charge in [-0.15, -0.1) is 0 Å². The molecule has 0 aliphatic carbocycles. The monoisotopic (exact) mass is 498 g/mol. The standard InChI is InChI=1S/C24H26N4O6S/c1-14-7-9-17(35(32,33)27(3)4)13-19(14)26-22(29)15(2)34-24(31)16-8-10-18-20(12-16)25-21-6-5-11-28(21)23(18)30/h7-10,12-13,15H,5-6,11H2,1-4H3,(H,26,29)/t15-/m0/s1. The Balaban J connectivity index is 1.50. The first-order valence-corrected chi connectivity index (χ1v) is 12.5. The van der Waals surface area contributed by atoms with E-state index in [1.165, 1.54) is 51.4 Å². The number of benzene rings is 2. The molecule has 184 valence electrons. The summed E-state index contributed by atoms with van der Waals surface area (Å²) in [6, 6.07) is 8.91. The number of carbonyl (C=O) groups excluding carboxylic acids is 2. The van der Waals surface area contributed by atoms with Crippen molar-refractivity contribution in [3.8, 4) is 0 Å². The molecule has 0 spiro atoms. The molecule has 1 aliphatic rings. The number of nitrogens with zero attached hydrogens (tertiary/aromatic N) is 3. The lowest BCUT2D eigenvalue weighted by Gasteiger charge is -2.17. The van der Waals surface area contributed by atoms with E-state index in [1.807, 2.05) is 0 Å². The van der Waals surface area contributed by atoms with E-state index in [1.54, 1.807) is 17.6 Å². The van der Waals surface area contributed by atoms with Gasteiger partial charge in [-0.2, -0.15) is 0 Å². The molecule has 0 unspecified atom stereocenters. The van der Waals surface area contributed by atoms with Crippen LogP contribution < -0.4 is 10.9 Å². The lowest BCUT2D eigenvalue weighted by atomic mass is 10.1. The Kier molecular flexibility index (Phi) is 6.48. The molecule has 1 amide bonds. The summed E-state index contributed by atoms with van der Waals surface area (Å²) in [4.78, 5) is 42.5. The molecule has 2 heterocycles.